The van der Waals surface area contributed by atoms with Gasteiger partial charge in [-0.2, -0.15) is 8.42 Å². The molecular formula is C11H15ClN2O4S. The Balaban J connectivity index is 0.000000459. The van der Waals surface area contributed by atoms with E-state index in [4.69, 9.17) is 21.6 Å². The minimum atomic E-state index is -4.15. The third-order valence-electron chi connectivity index (χ3n) is 1.89. The normalized spacial score (nSPS) is 10.1. The topological polar surface area (TPSA) is 107 Å². The Hall–Kier alpha value is -1.44. The molecule has 1 rings (SSSR count). The summed E-state index contributed by atoms with van der Waals surface area (Å²) in [5, 5.41) is 9.76. The van der Waals surface area contributed by atoms with Crippen molar-refractivity contribution in [2.75, 3.05) is 12.4 Å². The number of halogens is 1. The standard InChI is InChI=1S/C7H8ClNO3S.C4H7NO/c1-9-7-4-5(13(10,11)12)2-3-6(7)8;1-4(5)2-3-6/h2-4,9H,1H3,(H,10,11,12);3,5H,2H2,1H3. The molecule has 0 bridgehead atoms. The van der Waals surface area contributed by atoms with Crippen molar-refractivity contribution in [2.45, 2.75) is 18.2 Å². The number of hydrogen-bond donors (Lipinski definition) is 3. The number of benzene rings is 1. The van der Waals surface area contributed by atoms with Gasteiger partial charge >= 0.3 is 0 Å². The van der Waals surface area contributed by atoms with Gasteiger partial charge in [-0.15, -0.1) is 0 Å². The van der Waals surface area contributed by atoms with E-state index in [0.29, 0.717) is 16.4 Å². The highest BCUT2D eigenvalue weighted by molar-refractivity contribution is 7.85. The Morgan fingerprint density at radius 1 is 1.53 bits per heavy atom. The average molecular weight is 307 g/mol. The first kappa shape index (κ1) is 17.6. The summed E-state index contributed by atoms with van der Waals surface area (Å²) in [6, 6.07) is 3.90. The lowest BCUT2D eigenvalue weighted by molar-refractivity contribution is -0.106. The minimum Gasteiger partial charge on any atom is -0.387 e. The summed E-state index contributed by atoms with van der Waals surface area (Å²) in [5.41, 5.74) is 0.877. The van der Waals surface area contributed by atoms with E-state index in [0.717, 1.165) is 6.29 Å². The van der Waals surface area contributed by atoms with Crippen LogP contribution in [0.2, 0.25) is 5.02 Å². The molecule has 106 valence electrons. The Morgan fingerprint density at radius 3 is 2.42 bits per heavy atom. The molecule has 0 aliphatic carbocycles. The summed E-state index contributed by atoms with van der Waals surface area (Å²) in [4.78, 5) is 9.30. The molecule has 0 aliphatic rings. The summed E-state index contributed by atoms with van der Waals surface area (Å²) in [6.45, 7) is 1.61. The second-order valence-electron chi connectivity index (χ2n) is 3.52. The van der Waals surface area contributed by atoms with Gasteiger partial charge < -0.3 is 15.5 Å². The molecule has 0 spiro atoms. The van der Waals surface area contributed by atoms with Crippen molar-refractivity contribution in [3.05, 3.63) is 23.2 Å². The van der Waals surface area contributed by atoms with Crippen molar-refractivity contribution >= 4 is 39.4 Å². The van der Waals surface area contributed by atoms with Crippen molar-refractivity contribution in [3.63, 3.8) is 0 Å². The first-order valence-corrected chi connectivity index (χ1v) is 6.96. The second kappa shape index (κ2) is 7.88. The van der Waals surface area contributed by atoms with Gasteiger partial charge in [-0.1, -0.05) is 11.6 Å². The van der Waals surface area contributed by atoms with Gasteiger partial charge in [-0.25, -0.2) is 0 Å². The van der Waals surface area contributed by atoms with Crippen LogP contribution in [0.5, 0.6) is 0 Å². The summed E-state index contributed by atoms with van der Waals surface area (Å²) in [5.74, 6) is 0. The van der Waals surface area contributed by atoms with Gasteiger partial charge in [0.25, 0.3) is 10.1 Å². The van der Waals surface area contributed by atoms with Crippen molar-refractivity contribution < 1.29 is 17.8 Å². The van der Waals surface area contributed by atoms with Crippen molar-refractivity contribution in [1.29, 1.82) is 5.41 Å². The van der Waals surface area contributed by atoms with Gasteiger partial charge in [0.2, 0.25) is 0 Å². The number of carbonyl (C=O) groups is 1. The molecule has 0 amide bonds. The van der Waals surface area contributed by atoms with Crippen LogP contribution in [-0.2, 0) is 14.9 Å². The van der Waals surface area contributed by atoms with Crippen molar-refractivity contribution in [2.24, 2.45) is 0 Å². The highest BCUT2D eigenvalue weighted by atomic mass is 35.5. The molecule has 0 aromatic heterocycles. The Bertz CT molecular complexity index is 558. The van der Waals surface area contributed by atoms with E-state index in [1.54, 1.807) is 14.0 Å². The third kappa shape index (κ3) is 6.90. The Kier molecular flexibility index (Phi) is 7.28. The molecule has 6 nitrogen and oxygen atoms in total. The number of anilines is 1. The number of aldehydes is 1. The van der Waals surface area contributed by atoms with E-state index in [1.165, 1.54) is 18.2 Å². The predicted molar refractivity (Wildman–Crippen MR) is 74.9 cm³/mol. The molecule has 19 heavy (non-hydrogen) atoms. The van der Waals surface area contributed by atoms with Crippen molar-refractivity contribution in [1.82, 2.24) is 0 Å². The van der Waals surface area contributed by atoms with Gasteiger partial charge in [0.1, 0.15) is 6.29 Å². The molecule has 0 unspecified atom stereocenters. The average Bonchev–Trinajstić information content (AvgIpc) is 2.28. The molecular weight excluding hydrogens is 292 g/mol. The van der Waals surface area contributed by atoms with E-state index in [9.17, 15) is 13.2 Å². The van der Waals surface area contributed by atoms with E-state index >= 15 is 0 Å². The number of nitrogens with one attached hydrogen (secondary N) is 2. The molecule has 0 saturated heterocycles. The Morgan fingerprint density at radius 2 is 2.11 bits per heavy atom. The van der Waals surface area contributed by atoms with Gasteiger partial charge in [0.15, 0.2) is 0 Å². The van der Waals surface area contributed by atoms with E-state index in [-0.39, 0.29) is 11.3 Å². The van der Waals surface area contributed by atoms with Crippen LogP contribution in [-0.4, -0.2) is 32.0 Å². The molecule has 0 atom stereocenters. The van der Waals surface area contributed by atoms with Crippen LogP contribution in [0, 0.1) is 5.41 Å². The lowest BCUT2D eigenvalue weighted by atomic mass is 10.3. The van der Waals surface area contributed by atoms with Crippen LogP contribution in [0.1, 0.15) is 13.3 Å². The zero-order valence-electron chi connectivity index (χ0n) is 10.5. The molecule has 0 heterocycles. The SMILES string of the molecule is CC(=N)CC=O.CNc1cc(S(=O)(=O)O)ccc1Cl. The fourth-order valence-electron chi connectivity index (χ4n) is 0.981. The minimum absolute atomic E-state index is 0.179. The zero-order valence-corrected chi connectivity index (χ0v) is 12.0. The maximum Gasteiger partial charge on any atom is 0.294 e. The first-order valence-electron chi connectivity index (χ1n) is 5.14. The molecule has 0 radical (unpaired) electrons. The lowest BCUT2D eigenvalue weighted by Gasteiger charge is -2.04. The highest BCUT2D eigenvalue weighted by Gasteiger charge is 2.10. The van der Waals surface area contributed by atoms with Gasteiger partial charge in [-0.3, -0.25) is 4.55 Å². The third-order valence-corrected chi connectivity index (χ3v) is 3.07. The second-order valence-corrected chi connectivity index (χ2v) is 5.35. The van der Waals surface area contributed by atoms with Gasteiger partial charge in [-0.05, 0) is 25.1 Å². The van der Waals surface area contributed by atoms with Gasteiger partial charge in [0, 0.05) is 19.2 Å². The predicted octanol–water partition coefficient (Wildman–Crippen LogP) is 2.24. The molecule has 0 saturated carbocycles. The first-order chi connectivity index (χ1) is 8.72. The smallest absolute Gasteiger partial charge is 0.294 e. The molecule has 3 N–H and O–H groups in total. The molecule has 8 heteroatoms. The molecule has 1 aromatic rings. The number of hydrogen-bond acceptors (Lipinski definition) is 5. The van der Waals surface area contributed by atoms with E-state index < -0.39 is 10.1 Å². The van der Waals surface area contributed by atoms with E-state index in [2.05, 4.69) is 5.32 Å². The van der Waals surface area contributed by atoms with Crippen LogP contribution in [0.15, 0.2) is 23.1 Å². The van der Waals surface area contributed by atoms with Crippen LogP contribution < -0.4 is 5.32 Å². The van der Waals surface area contributed by atoms with Crippen molar-refractivity contribution in [3.8, 4) is 0 Å². The van der Waals surface area contributed by atoms with E-state index in [1.807, 2.05) is 0 Å². The van der Waals surface area contributed by atoms with Crippen LogP contribution in [0.4, 0.5) is 5.69 Å². The quantitative estimate of drug-likeness (QED) is 0.449. The maximum absolute atomic E-state index is 10.7. The maximum atomic E-state index is 10.7. The fraction of sp³-hybridized carbons (Fsp3) is 0.273. The summed E-state index contributed by atoms with van der Waals surface area (Å²) in [7, 11) is -2.54. The zero-order chi connectivity index (χ0) is 15.1. The van der Waals surface area contributed by atoms with Crippen LogP contribution >= 0.6 is 11.6 Å². The van der Waals surface area contributed by atoms with Gasteiger partial charge in [0.05, 0.1) is 15.6 Å². The largest absolute Gasteiger partial charge is 0.387 e. The number of rotatable bonds is 4. The summed E-state index contributed by atoms with van der Waals surface area (Å²) >= 11 is 5.71. The summed E-state index contributed by atoms with van der Waals surface area (Å²) in [6.07, 6.45) is 1.00. The van der Waals surface area contributed by atoms with Crippen LogP contribution in [0.3, 0.4) is 0 Å². The molecule has 0 aliphatic heterocycles. The number of carbonyl (C=O) groups excluding carboxylic acids is 1. The fourth-order valence-corrected chi connectivity index (χ4v) is 1.70. The lowest BCUT2D eigenvalue weighted by Crippen LogP contribution is -1.99. The van der Waals surface area contributed by atoms with Crippen LogP contribution in [0.25, 0.3) is 0 Å². The summed E-state index contributed by atoms with van der Waals surface area (Å²) < 4.78 is 30.1. The molecule has 1 aromatic carbocycles. The highest BCUT2D eigenvalue weighted by Crippen LogP contribution is 2.24. The monoisotopic (exact) mass is 306 g/mol. The Labute approximate surface area is 117 Å². The molecule has 0 fully saturated rings.